The van der Waals surface area contributed by atoms with Crippen LogP contribution in [0.2, 0.25) is 0 Å². The van der Waals surface area contributed by atoms with E-state index in [1.165, 1.54) is 11.8 Å². The molecular formula is C18H22N6O2S. The second-order valence-electron chi connectivity index (χ2n) is 6.52. The van der Waals surface area contributed by atoms with Gasteiger partial charge in [-0.2, -0.15) is 4.98 Å². The van der Waals surface area contributed by atoms with Crippen molar-refractivity contribution in [2.24, 2.45) is 0 Å². The Morgan fingerprint density at radius 2 is 2.11 bits per heavy atom. The monoisotopic (exact) mass is 386 g/mol. The zero-order valence-electron chi connectivity index (χ0n) is 15.2. The summed E-state index contributed by atoms with van der Waals surface area (Å²) < 4.78 is 4.95. The third kappa shape index (κ3) is 4.24. The highest BCUT2D eigenvalue weighted by Gasteiger charge is 2.21. The molecule has 0 atom stereocenters. The van der Waals surface area contributed by atoms with Gasteiger partial charge in [0.25, 0.3) is 0 Å². The number of nitrogens with zero attached hydrogens (tertiary/aromatic N) is 5. The van der Waals surface area contributed by atoms with Gasteiger partial charge in [-0.3, -0.25) is 4.79 Å². The fourth-order valence-corrected chi connectivity index (χ4v) is 3.95. The van der Waals surface area contributed by atoms with Crippen LogP contribution in [-0.2, 0) is 10.5 Å². The highest BCUT2D eigenvalue weighted by molar-refractivity contribution is 7.99. The highest BCUT2D eigenvalue weighted by Crippen LogP contribution is 2.19. The topological polar surface area (TPSA) is 91.2 Å². The SMILES string of the molecule is Cc1nc(CSCC(=O)N2CCCN(c3nc4ccccc4[nH]3)CC2)no1. The number of aromatic nitrogens is 4. The van der Waals surface area contributed by atoms with E-state index in [1.807, 2.05) is 29.2 Å². The molecule has 0 bridgehead atoms. The normalized spacial score (nSPS) is 15.3. The van der Waals surface area contributed by atoms with Crippen LogP contribution in [0.4, 0.5) is 5.95 Å². The largest absolute Gasteiger partial charge is 0.341 e. The fraction of sp³-hybridized carbons (Fsp3) is 0.444. The molecule has 1 aromatic carbocycles. The summed E-state index contributed by atoms with van der Waals surface area (Å²) in [5, 5.41) is 3.85. The summed E-state index contributed by atoms with van der Waals surface area (Å²) in [6.45, 7) is 4.91. The third-order valence-electron chi connectivity index (χ3n) is 4.55. The number of para-hydroxylation sites is 2. The van der Waals surface area contributed by atoms with Crippen LogP contribution in [-0.4, -0.2) is 62.8 Å². The number of aromatic amines is 1. The number of carbonyl (C=O) groups is 1. The number of anilines is 1. The number of rotatable bonds is 5. The van der Waals surface area contributed by atoms with E-state index in [4.69, 9.17) is 4.52 Å². The van der Waals surface area contributed by atoms with Crippen LogP contribution in [0.25, 0.3) is 11.0 Å². The Balaban J connectivity index is 1.30. The minimum atomic E-state index is 0.159. The van der Waals surface area contributed by atoms with Crippen molar-refractivity contribution in [1.82, 2.24) is 25.0 Å². The molecule has 142 valence electrons. The summed E-state index contributed by atoms with van der Waals surface area (Å²) in [5.74, 6) is 3.24. The van der Waals surface area contributed by atoms with Crippen LogP contribution in [0.1, 0.15) is 18.1 Å². The lowest BCUT2D eigenvalue weighted by Crippen LogP contribution is -2.36. The second-order valence-corrected chi connectivity index (χ2v) is 7.51. The van der Waals surface area contributed by atoms with Crippen molar-refractivity contribution in [3.8, 4) is 0 Å². The maximum atomic E-state index is 12.5. The van der Waals surface area contributed by atoms with Gasteiger partial charge in [-0.15, -0.1) is 11.8 Å². The number of carbonyl (C=O) groups excluding carboxylic acids is 1. The Bertz CT molecular complexity index is 890. The van der Waals surface area contributed by atoms with Gasteiger partial charge in [0.2, 0.25) is 17.7 Å². The molecule has 1 aliphatic heterocycles. The van der Waals surface area contributed by atoms with Crippen LogP contribution in [0.5, 0.6) is 0 Å². The molecule has 1 N–H and O–H groups in total. The van der Waals surface area contributed by atoms with E-state index < -0.39 is 0 Å². The summed E-state index contributed by atoms with van der Waals surface area (Å²) in [4.78, 5) is 28.9. The molecule has 1 amide bonds. The number of imidazole rings is 1. The van der Waals surface area contributed by atoms with Crippen molar-refractivity contribution in [2.75, 3.05) is 36.8 Å². The van der Waals surface area contributed by atoms with Crippen LogP contribution in [0.3, 0.4) is 0 Å². The van der Waals surface area contributed by atoms with Gasteiger partial charge < -0.3 is 19.3 Å². The lowest BCUT2D eigenvalue weighted by Gasteiger charge is -2.21. The van der Waals surface area contributed by atoms with Gasteiger partial charge >= 0.3 is 0 Å². The van der Waals surface area contributed by atoms with E-state index in [0.717, 1.165) is 43.0 Å². The summed E-state index contributed by atoms with van der Waals surface area (Å²) in [7, 11) is 0. The maximum absolute atomic E-state index is 12.5. The van der Waals surface area contributed by atoms with Crippen molar-refractivity contribution in [2.45, 2.75) is 19.1 Å². The minimum absolute atomic E-state index is 0.159. The smallest absolute Gasteiger partial charge is 0.232 e. The van der Waals surface area contributed by atoms with E-state index in [-0.39, 0.29) is 5.91 Å². The zero-order valence-corrected chi connectivity index (χ0v) is 16.0. The van der Waals surface area contributed by atoms with Crippen molar-refractivity contribution < 1.29 is 9.32 Å². The molecule has 0 spiro atoms. The first kappa shape index (κ1) is 17.8. The highest BCUT2D eigenvalue weighted by atomic mass is 32.2. The van der Waals surface area contributed by atoms with Crippen molar-refractivity contribution in [3.05, 3.63) is 36.0 Å². The van der Waals surface area contributed by atoms with Crippen molar-refractivity contribution in [3.63, 3.8) is 0 Å². The number of hydrogen-bond donors (Lipinski definition) is 1. The molecule has 3 aromatic rings. The van der Waals surface area contributed by atoms with Gasteiger partial charge in [0, 0.05) is 33.1 Å². The predicted molar refractivity (Wildman–Crippen MR) is 105 cm³/mol. The molecule has 0 aliphatic carbocycles. The molecule has 4 rings (SSSR count). The van der Waals surface area contributed by atoms with Crippen LogP contribution >= 0.6 is 11.8 Å². The second kappa shape index (κ2) is 7.99. The van der Waals surface area contributed by atoms with E-state index >= 15 is 0 Å². The number of thioether (sulfide) groups is 1. The molecule has 9 heteroatoms. The average Bonchev–Trinajstić information content (AvgIpc) is 3.20. The van der Waals surface area contributed by atoms with Crippen molar-refractivity contribution in [1.29, 1.82) is 0 Å². The molecule has 1 aliphatic rings. The van der Waals surface area contributed by atoms with Gasteiger partial charge in [-0.25, -0.2) is 4.98 Å². The molecule has 0 unspecified atom stereocenters. The molecule has 1 fully saturated rings. The Hall–Kier alpha value is -2.55. The van der Waals surface area contributed by atoms with E-state index in [0.29, 0.717) is 29.8 Å². The van der Waals surface area contributed by atoms with Crippen LogP contribution in [0, 0.1) is 6.92 Å². The predicted octanol–water partition coefficient (Wildman–Crippen LogP) is 2.23. The lowest BCUT2D eigenvalue weighted by molar-refractivity contribution is -0.128. The summed E-state index contributed by atoms with van der Waals surface area (Å²) in [5.41, 5.74) is 2.01. The number of aryl methyl sites for hydroxylation is 1. The van der Waals surface area contributed by atoms with E-state index in [1.54, 1.807) is 6.92 Å². The number of nitrogens with one attached hydrogen (secondary N) is 1. The third-order valence-corrected chi connectivity index (χ3v) is 5.46. The summed E-state index contributed by atoms with van der Waals surface area (Å²) >= 11 is 1.52. The molecule has 8 nitrogen and oxygen atoms in total. The number of H-pyrrole nitrogens is 1. The molecule has 3 heterocycles. The maximum Gasteiger partial charge on any atom is 0.232 e. The first-order valence-corrected chi connectivity index (χ1v) is 10.2. The molecule has 2 aromatic heterocycles. The zero-order chi connectivity index (χ0) is 18.6. The van der Waals surface area contributed by atoms with E-state index in [2.05, 4.69) is 25.0 Å². The van der Waals surface area contributed by atoms with Gasteiger partial charge in [-0.1, -0.05) is 17.3 Å². The summed E-state index contributed by atoms with van der Waals surface area (Å²) in [6, 6.07) is 8.03. The Morgan fingerprint density at radius 3 is 2.93 bits per heavy atom. The Labute approximate surface area is 161 Å². The quantitative estimate of drug-likeness (QED) is 0.719. The molecule has 0 radical (unpaired) electrons. The molecular weight excluding hydrogens is 364 g/mol. The lowest BCUT2D eigenvalue weighted by atomic mass is 10.3. The van der Waals surface area contributed by atoms with Gasteiger partial charge in [0.05, 0.1) is 22.5 Å². The Kier molecular flexibility index (Phi) is 5.28. The first-order valence-electron chi connectivity index (χ1n) is 9.03. The van der Waals surface area contributed by atoms with Crippen LogP contribution in [0.15, 0.2) is 28.8 Å². The number of benzene rings is 1. The average molecular weight is 386 g/mol. The van der Waals surface area contributed by atoms with Gasteiger partial charge in [-0.05, 0) is 18.6 Å². The van der Waals surface area contributed by atoms with Gasteiger partial charge in [0.15, 0.2) is 5.82 Å². The number of hydrogen-bond acceptors (Lipinski definition) is 7. The minimum Gasteiger partial charge on any atom is -0.341 e. The number of fused-ring (bicyclic) bond motifs is 1. The Morgan fingerprint density at radius 1 is 1.22 bits per heavy atom. The van der Waals surface area contributed by atoms with Crippen LogP contribution < -0.4 is 4.90 Å². The van der Waals surface area contributed by atoms with Gasteiger partial charge in [0.1, 0.15) is 0 Å². The number of amides is 1. The van der Waals surface area contributed by atoms with Crippen molar-refractivity contribution >= 4 is 34.7 Å². The fourth-order valence-electron chi connectivity index (χ4n) is 3.19. The molecule has 0 saturated carbocycles. The molecule has 1 saturated heterocycles. The molecule has 27 heavy (non-hydrogen) atoms. The summed E-state index contributed by atoms with van der Waals surface area (Å²) in [6.07, 6.45) is 0.928. The van der Waals surface area contributed by atoms with E-state index in [9.17, 15) is 4.79 Å². The standard InChI is InChI=1S/C18H22N6O2S/c1-13-19-16(22-26-13)11-27-12-17(25)23-7-4-8-24(10-9-23)18-20-14-5-2-3-6-15(14)21-18/h2-3,5-6H,4,7-12H2,1H3,(H,20,21). The first-order chi connectivity index (χ1) is 13.2.